The van der Waals surface area contributed by atoms with Crippen molar-refractivity contribution in [2.24, 2.45) is 50.2 Å². The number of ether oxygens (including phenoxy) is 3. The summed E-state index contributed by atoms with van der Waals surface area (Å²) in [5.74, 6) is 0.695. The van der Waals surface area contributed by atoms with Crippen molar-refractivity contribution in [2.75, 3.05) is 13.2 Å². The highest BCUT2D eigenvalue weighted by Gasteiger charge is 2.79. The van der Waals surface area contributed by atoms with Crippen molar-refractivity contribution in [3.05, 3.63) is 12.2 Å². The van der Waals surface area contributed by atoms with Gasteiger partial charge in [-0.1, -0.05) is 53.7 Å². The van der Waals surface area contributed by atoms with Gasteiger partial charge in [0.1, 0.15) is 18.3 Å². The van der Waals surface area contributed by atoms with Gasteiger partial charge < -0.3 is 39.7 Å². The molecule has 16 atom stereocenters. The minimum Gasteiger partial charge on any atom is -0.396 e. The molecule has 2 bridgehead atoms. The third kappa shape index (κ3) is 3.75. The lowest BCUT2D eigenvalue weighted by atomic mass is 9.32. The summed E-state index contributed by atoms with van der Waals surface area (Å²) >= 11 is 0. The molecular weight excluding hydrogens is 560 g/mol. The maximum Gasteiger partial charge on any atom is 0.186 e. The van der Waals surface area contributed by atoms with Gasteiger partial charge in [-0.2, -0.15) is 0 Å². The third-order valence-corrected chi connectivity index (χ3v) is 15.8. The summed E-state index contributed by atoms with van der Waals surface area (Å²) in [6.45, 7) is 16.4. The fraction of sp³-hybridized carbons (Fsp3) is 0.944. The van der Waals surface area contributed by atoms with E-state index in [1.54, 1.807) is 6.92 Å². The summed E-state index contributed by atoms with van der Waals surface area (Å²) in [7, 11) is 0. The van der Waals surface area contributed by atoms with Crippen molar-refractivity contribution in [3.63, 3.8) is 0 Å². The molecule has 2 aliphatic heterocycles. The number of allylic oxidation sites excluding steroid dienone is 1. The molecule has 0 aromatic heterocycles. The van der Waals surface area contributed by atoms with E-state index in [1.165, 1.54) is 0 Å². The van der Waals surface area contributed by atoms with Crippen molar-refractivity contribution in [1.29, 1.82) is 0 Å². The molecule has 4 saturated carbocycles. The average molecular weight is 619 g/mol. The van der Waals surface area contributed by atoms with Gasteiger partial charge >= 0.3 is 0 Å². The highest BCUT2D eigenvalue weighted by Crippen LogP contribution is 2.79. The molecule has 0 radical (unpaired) electrons. The largest absolute Gasteiger partial charge is 0.396 e. The van der Waals surface area contributed by atoms with Crippen LogP contribution in [-0.2, 0) is 14.2 Å². The Morgan fingerprint density at radius 1 is 0.841 bits per heavy atom. The van der Waals surface area contributed by atoms with Crippen molar-refractivity contribution in [1.82, 2.24) is 0 Å². The van der Waals surface area contributed by atoms with Crippen LogP contribution in [-0.4, -0.2) is 87.3 Å². The van der Waals surface area contributed by atoms with Gasteiger partial charge in [0.15, 0.2) is 6.29 Å². The monoisotopic (exact) mass is 618 g/mol. The lowest BCUT2D eigenvalue weighted by molar-refractivity contribution is -0.329. The first-order valence-electron chi connectivity index (χ1n) is 17.4. The lowest BCUT2D eigenvalue weighted by Crippen LogP contribution is -2.72. The first-order chi connectivity index (χ1) is 20.4. The van der Waals surface area contributed by atoms with E-state index in [9.17, 15) is 25.5 Å². The van der Waals surface area contributed by atoms with Crippen LogP contribution in [0, 0.1) is 50.2 Å². The number of aliphatic hydroxyl groups excluding tert-OH is 5. The molecule has 2 heterocycles. The molecule has 0 amide bonds. The van der Waals surface area contributed by atoms with Crippen LogP contribution >= 0.6 is 0 Å². The van der Waals surface area contributed by atoms with Gasteiger partial charge in [-0.05, 0) is 86.4 Å². The number of aliphatic hydroxyl groups is 5. The summed E-state index contributed by atoms with van der Waals surface area (Å²) in [5, 5.41) is 54.4. The normalized spacial score (nSPS) is 61.0. The first-order valence-corrected chi connectivity index (χ1v) is 17.4. The summed E-state index contributed by atoms with van der Waals surface area (Å²) in [5.41, 5.74) is -1.36. The molecule has 6 fully saturated rings. The first kappa shape index (κ1) is 32.0. The van der Waals surface area contributed by atoms with Crippen LogP contribution in [0.3, 0.4) is 0 Å². The molecule has 7 rings (SSSR count). The predicted octanol–water partition coefficient (Wildman–Crippen LogP) is 3.95. The molecule has 5 aliphatic carbocycles. The zero-order valence-corrected chi connectivity index (χ0v) is 28.0. The molecule has 0 aromatic carbocycles. The molecule has 250 valence electrons. The number of rotatable bonds is 3. The Balaban J connectivity index is 1.23. The molecule has 7 aliphatic rings. The highest BCUT2D eigenvalue weighted by atomic mass is 16.7. The summed E-state index contributed by atoms with van der Waals surface area (Å²) in [6, 6.07) is 0. The second-order valence-corrected chi connectivity index (χ2v) is 18.1. The Bertz CT molecular complexity index is 1190. The van der Waals surface area contributed by atoms with Crippen molar-refractivity contribution in [2.45, 2.75) is 148 Å². The Morgan fingerprint density at radius 2 is 1.57 bits per heavy atom. The Labute approximate surface area is 263 Å². The van der Waals surface area contributed by atoms with Crippen LogP contribution in [0.4, 0.5) is 0 Å². The molecule has 8 nitrogen and oxygen atoms in total. The fourth-order valence-electron chi connectivity index (χ4n) is 12.8. The maximum atomic E-state index is 12.0. The Morgan fingerprint density at radius 3 is 2.27 bits per heavy atom. The topological polar surface area (TPSA) is 129 Å². The molecule has 2 saturated heterocycles. The van der Waals surface area contributed by atoms with Crippen LogP contribution in [0.15, 0.2) is 12.2 Å². The highest BCUT2D eigenvalue weighted by molar-refractivity contribution is 5.36. The van der Waals surface area contributed by atoms with E-state index in [4.69, 9.17) is 14.2 Å². The van der Waals surface area contributed by atoms with Crippen molar-refractivity contribution >= 4 is 0 Å². The van der Waals surface area contributed by atoms with E-state index in [1.807, 2.05) is 0 Å². The van der Waals surface area contributed by atoms with Crippen molar-refractivity contribution in [3.8, 4) is 0 Å². The molecule has 1 spiro atoms. The van der Waals surface area contributed by atoms with Crippen LogP contribution in [0.5, 0.6) is 0 Å². The fourth-order valence-corrected chi connectivity index (χ4v) is 12.8. The summed E-state index contributed by atoms with van der Waals surface area (Å²) in [6.07, 6.45) is 5.98. The molecular formula is C36H58O8. The van der Waals surface area contributed by atoms with Crippen LogP contribution in [0.25, 0.3) is 0 Å². The Hall–Kier alpha value is -0.580. The smallest absolute Gasteiger partial charge is 0.186 e. The van der Waals surface area contributed by atoms with Crippen LogP contribution in [0.1, 0.15) is 99.8 Å². The molecule has 0 unspecified atom stereocenters. The minimum atomic E-state index is -1.37. The molecule has 0 aromatic rings. The van der Waals surface area contributed by atoms with Crippen molar-refractivity contribution < 1.29 is 39.7 Å². The van der Waals surface area contributed by atoms with E-state index < -0.39 is 36.1 Å². The summed E-state index contributed by atoms with van der Waals surface area (Å²) < 4.78 is 19.4. The van der Waals surface area contributed by atoms with Gasteiger partial charge in [0, 0.05) is 22.2 Å². The minimum absolute atomic E-state index is 0.0582. The number of fused-ring (bicyclic) bond motifs is 4. The van der Waals surface area contributed by atoms with E-state index in [0.29, 0.717) is 18.9 Å². The summed E-state index contributed by atoms with van der Waals surface area (Å²) in [4.78, 5) is 0. The SMILES string of the molecule is C[C@H]1O[C@@H](O[C@H]2CC[C@@]3(C)[C@@H](CC[C@]4(C)[C@@H]3C=C[C@]35OC[C@@]6(CCC(C)(C)C[C@@H]63)[C@@H](O)C[C@]54C)[C@]2(C)CO)[C@H](O)[C@@H](O)[C@H]1O. The van der Waals surface area contributed by atoms with Gasteiger partial charge in [0.05, 0.1) is 37.1 Å². The molecule has 8 heteroatoms. The van der Waals surface area contributed by atoms with E-state index in [0.717, 1.165) is 44.9 Å². The van der Waals surface area contributed by atoms with Crippen LogP contribution < -0.4 is 0 Å². The quantitative estimate of drug-likeness (QED) is 0.238. The second kappa shape index (κ2) is 9.74. The number of hydrogen-bond donors (Lipinski definition) is 5. The molecule has 44 heavy (non-hydrogen) atoms. The molecule has 5 N–H and O–H groups in total. The van der Waals surface area contributed by atoms with Gasteiger partial charge in [0.25, 0.3) is 0 Å². The third-order valence-electron chi connectivity index (χ3n) is 15.8. The van der Waals surface area contributed by atoms with Gasteiger partial charge in [0.2, 0.25) is 0 Å². The lowest BCUT2D eigenvalue weighted by Gasteiger charge is -2.73. The maximum absolute atomic E-state index is 12.0. The zero-order chi connectivity index (χ0) is 31.9. The average Bonchev–Trinajstić information content (AvgIpc) is 3.24. The van der Waals surface area contributed by atoms with E-state index in [-0.39, 0.29) is 63.3 Å². The zero-order valence-electron chi connectivity index (χ0n) is 28.0. The van der Waals surface area contributed by atoms with E-state index in [2.05, 4.69) is 53.7 Å². The Kier molecular flexibility index (Phi) is 7.08. The van der Waals surface area contributed by atoms with Gasteiger partial charge in [-0.25, -0.2) is 0 Å². The van der Waals surface area contributed by atoms with Gasteiger partial charge in [-0.15, -0.1) is 0 Å². The van der Waals surface area contributed by atoms with Gasteiger partial charge in [-0.3, -0.25) is 0 Å². The predicted molar refractivity (Wildman–Crippen MR) is 164 cm³/mol. The van der Waals surface area contributed by atoms with Crippen LogP contribution in [0.2, 0.25) is 0 Å². The number of hydrogen-bond acceptors (Lipinski definition) is 8. The van der Waals surface area contributed by atoms with E-state index >= 15 is 0 Å². The second-order valence-electron chi connectivity index (χ2n) is 18.1. The standard InChI is InChI=1S/C36H58O8/c1-20-26(39)27(40)28(41)29(43-20)44-25-10-11-31(4)21(32(25,5)18-37)8-12-33(6)22(31)9-13-36-23-16-30(2,3)14-15-35(23,19-42-36)24(38)17-34(33,36)7/h9,13,20-29,37-41H,8,10-12,14-19H2,1-7H3/t20-,21-,22-,23+,24+,25+,26+,27+,28-,29+,31+,32+,33-,34+,35-,36+/m1/s1.